The lowest BCUT2D eigenvalue weighted by Crippen LogP contribution is -2.08. The van der Waals surface area contributed by atoms with Gasteiger partial charge in [0.1, 0.15) is 0 Å². The molecule has 1 saturated heterocycles. The second kappa shape index (κ2) is 4.06. The molecule has 0 aromatic carbocycles. The molecule has 11 heavy (non-hydrogen) atoms. The molecule has 1 aliphatic heterocycles. The minimum atomic E-state index is 0.280. The summed E-state index contributed by atoms with van der Waals surface area (Å²) in [6.07, 6.45) is 7.48. The fourth-order valence-corrected chi connectivity index (χ4v) is 4.58. The standard InChI is InChI=1S/C8H16OS2/c1-2-5-8(4-1)9-10-11-6-3-7-11/h8,11H,1-7H2. The van der Waals surface area contributed by atoms with Gasteiger partial charge in [-0.25, -0.2) is 0 Å². The minimum absolute atomic E-state index is 0.280. The molecule has 1 saturated carbocycles. The van der Waals surface area contributed by atoms with E-state index in [0.29, 0.717) is 6.10 Å². The van der Waals surface area contributed by atoms with E-state index in [-0.39, 0.29) is 9.93 Å². The van der Waals surface area contributed by atoms with Gasteiger partial charge in [0.25, 0.3) is 0 Å². The lowest BCUT2D eigenvalue weighted by atomic mass is 10.3. The van der Waals surface area contributed by atoms with Crippen LogP contribution in [0.3, 0.4) is 0 Å². The highest BCUT2D eigenvalue weighted by molar-refractivity contribution is 8.84. The Bertz CT molecular complexity index is 119. The van der Waals surface area contributed by atoms with Gasteiger partial charge >= 0.3 is 0 Å². The maximum absolute atomic E-state index is 5.75. The van der Waals surface area contributed by atoms with Crippen LogP contribution in [0.15, 0.2) is 0 Å². The summed E-state index contributed by atoms with van der Waals surface area (Å²) in [5.41, 5.74) is 0. The molecule has 0 bridgehead atoms. The smallest absolute Gasteiger partial charge is 0.0732 e. The van der Waals surface area contributed by atoms with Gasteiger partial charge in [-0.2, -0.15) is 9.93 Å². The van der Waals surface area contributed by atoms with Crippen LogP contribution in [0.4, 0.5) is 0 Å². The van der Waals surface area contributed by atoms with Gasteiger partial charge in [0.15, 0.2) is 0 Å². The lowest BCUT2D eigenvalue weighted by molar-refractivity contribution is 0.255. The number of rotatable bonds is 3. The van der Waals surface area contributed by atoms with E-state index in [4.69, 9.17) is 4.18 Å². The maximum Gasteiger partial charge on any atom is 0.0732 e. The molecule has 0 N–H and O–H groups in total. The molecule has 2 fully saturated rings. The topological polar surface area (TPSA) is 9.23 Å². The van der Waals surface area contributed by atoms with Crippen LogP contribution in [0.5, 0.6) is 0 Å². The molecule has 1 aliphatic carbocycles. The first-order valence-electron chi connectivity index (χ1n) is 4.53. The highest BCUT2D eigenvalue weighted by atomic mass is 33.1. The van der Waals surface area contributed by atoms with Crippen LogP contribution in [-0.4, -0.2) is 17.6 Å². The summed E-state index contributed by atoms with van der Waals surface area (Å²) >= 11 is 1.83. The van der Waals surface area contributed by atoms with E-state index in [2.05, 4.69) is 0 Å². The molecule has 2 rings (SSSR count). The predicted molar refractivity (Wildman–Crippen MR) is 54.3 cm³/mol. The molecular formula is C8H16OS2. The highest BCUT2D eigenvalue weighted by Crippen LogP contribution is 2.50. The maximum atomic E-state index is 5.75. The quantitative estimate of drug-likeness (QED) is 0.418. The lowest BCUT2D eigenvalue weighted by Gasteiger charge is -2.28. The molecule has 0 amide bonds. The van der Waals surface area contributed by atoms with Crippen LogP contribution >= 0.6 is 21.0 Å². The molecule has 0 aromatic heterocycles. The molecule has 1 heterocycles. The average Bonchev–Trinajstić information content (AvgIpc) is 2.36. The Balaban J connectivity index is 1.57. The van der Waals surface area contributed by atoms with Gasteiger partial charge in [-0.1, -0.05) is 12.8 Å². The first kappa shape index (κ1) is 8.27. The second-order valence-corrected chi connectivity index (χ2v) is 7.56. The van der Waals surface area contributed by atoms with Gasteiger partial charge in [0, 0.05) is 11.1 Å². The Kier molecular flexibility index (Phi) is 3.05. The van der Waals surface area contributed by atoms with E-state index in [1.54, 1.807) is 0 Å². The van der Waals surface area contributed by atoms with E-state index in [9.17, 15) is 0 Å². The van der Waals surface area contributed by atoms with E-state index >= 15 is 0 Å². The molecule has 66 valence electrons. The van der Waals surface area contributed by atoms with E-state index in [1.807, 2.05) is 11.1 Å². The molecule has 2 aliphatic rings. The zero-order chi connectivity index (χ0) is 7.52. The van der Waals surface area contributed by atoms with E-state index < -0.39 is 0 Å². The number of hydrogen-bond acceptors (Lipinski definition) is 2. The average molecular weight is 192 g/mol. The summed E-state index contributed by atoms with van der Waals surface area (Å²) in [6, 6.07) is 0. The minimum Gasteiger partial charge on any atom is -0.303 e. The zero-order valence-electron chi connectivity index (χ0n) is 6.79. The molecule has 0 radical (unpaired) electrons. The fraction of sp³-hybridized carbons (Fsp3) is 1.00. The van der Waals surface area contributed by atoms with Gasteiger partial charge in [-0.05, 0) is 30.8 Å². The molecule has 3 heteroatoms. The third-order valence-electron chi connectivity index (χ3n) is 2.40. The summed E-state index contributed by atoms with van der Waals surface area (Å²) in [7, 11) is 0.280. The van der Waals surface area contributed by atoms with Gasteiger partial charge in [-0.3, -0.25) is 0 Å². The monoisotopic (exact) mass is 192 g/mol. The SMILES string of the molecule is C1CCC(OS[SH]2CCC2)C1. The second-order valence-electron chi connectivity index (χ2n) is 3.36. The van der Waals surface area contributed by atoms with Crippen molar-refractivity contribution in [3.63, 3.8) is 0 Å². The van der Waals surface area contributed by atoms with Crippen molar-refractivity contribution in [2.45, 2.75) is 38.2 Å². The van der Waals surface area contributed by atoms with Gasteiger partial charge in [0.05, 0.1) is 6.10 Å². The summed E-state index contributed by atoms with van der Waals surface area (Å²) in [5, 5.41) is 0. The molecule has 0 unspecified atom stereocenters. The van der Waals surface area contributed by atoms with Crippen LogP contribution in [0.2, 0.25) is 0 Å². The van der Waals surface area contributed by atoms with Crippen molar-refractivity contribution < 1.29 is 4.18 Å². The summed E-state index contributed by atoms with van der Waals surface area (Å²) in [6.45, 7) is 0. The Labute approximate surface area is 75.2 Å². The van der Waals surface area contributed by atoms with Crippen molar-refractivity contribution in [3.8, 4) is 0 Å². The van der Waals surface area contributed by atoms with Crippen molar-refractivity contribution in [2.24, 2.45) is 0 Å². The summed E-state index contributed by atoms with van der Waals surface area (Å²) < 4.78 is 5.75. The largest absolute Gasteiger partial charge is 0.303 e. The molecule has 0 spiro atoms. The first-order valence-corrected chi connectivity index (χ1v) is 7.59. The first-order chi connectivity index (χ1) is 5.45. The van der Waals surface area contributed by atoms with Gasteiger partial charge < -0.3 is 4.18 Å². The van der Waals surface area contributed by atoms with Crippen LogP contribution in [0, 0.1) is 0 Å². The van der Waals surface area contributed by atoms with Crippen molar-refractivity contribution in [2.75, 3.05) is 11.5 Å². The van der Waals surface area contributed by atoms with Crippen LogP contribution in [0.1, 0.15) is 32.1 Å². The third kappa shape index (κ3) is 2.30. The van der Waals surface area contributed by atoms with Crippen molar-refractivity contribution in [3.05, 3.63) is 0 Å². The molecule has 0 atom stereocenters. The number of hydrogen-bond donors (Lipinski definition) is 1. The molecule has 0 aromatic rings. The normalized spacial score (nSPS) is 28.9. The van der Waals surface area contributed by atoms with Crippen LogP contribution in [0.25, 0.3) is 0 Å². The Morgan fingerprint density at radius 2 is 1.82 bits per heavy atom. The van der Waals surface area contributed by atoms with Crippen LogP contribution < -0.4 is 0 Å². The van der Waals surface area contributed by atoms with E-state index in [0.717, 1.165) is 0 Å². The molecule has 1 nitrogen and oxygen atoms in total. The van der Waals surface area contributed by atoms with Crippen molar-refractivity contribution in [1.82, 2.24) is 0 Å². The highest BCUT2D eigenvalue weighted by Gasteiger charge is 2.20. The van der Waals surface area contributed by atoms with Gasteiger partial charge in [-0.15, -0.1) is 0 Å². The molecular weight excluding hydrogens is 176 g/mol. The number of thiol groups is 1. The van der Waals surface area contributed by atoms with Crippen molar-refractivity contribution >= 4 is 21.0 Å². The third-order valence-corrected chi connectivity index (χ3v) is 6.59. The van der Waals surface area contributed by atoms with Crippen LogP contribution in [-0.2, 0) is 4.18 Å². The zero-order valence-corrected chi connectivity index (χ0v) is 8.50. The van der Waals surface area contributed by atoms with Crippen molar-refractivity contribution in [1.29, 1.82) is 0 Å². The summed E-state index contributed by atoms with van der Waals surface area (Å²) in [5.74, 6) is 2.90. The Morgan fingerprint density at radius 3 is 2.36 bits per heavy atom. The van der Waals surface area contributed by atoms with E-state index in [1.165, 1.54) is 43.6 Å². The fourth-order valence-electron chi connectivity index (χ4n) is 1.47. The Morgan fingerprint density at radius 1 is 1.09 bits per heavy atom. The predicted octanol–water partition coefficient (Wildman–Crippen LogP) is 2.91. The van der Waals surface area contributed by atoms with Gasteiger partial charge in [0.2, 0.25) is 0 Å². The summed E-state index contributed by atoms with van der Waals surface area (Å²) in [4.78, 5) is 0. The Hall–Kier alpha value is 0.660.